The van der Waals surface area contributed by atoms with Crippen LogP contribution in [0.25, 0.3) is 6.08 Å². The number of amides is 1. The Labute approximate surface area is 121 Å². The fourth-order valence-electron chi connectivity index (χ4n) is 1.79. The third-order valence-corrected chi connectivity index (χ3v) is 2.84. The molecule has 0 saturated heterocycles. The topological polar surface area (TPSA) is 90.9 Å². The van der Waals surface area contributed by atoms with Gasteiger partial charge in [-0.25, -0.2) is 0 Å². The normalized spacial score (nSPS) is 10.5. The summed E-state index contributed by atoms with van der Waals surface area (Å²) < 4.78 is 1.75. The van der Waals surface area contributed by atoms with Gasteiger partial charge in [-0.05, 0) is 37.3 Å². The fourth-order valence-corrected chi connectivity index (χ4v) is 1.79. The molecule has 106 valence electrons. The molecule has 0 radical (unpaired) electrons. The number of aromatic hydroxyl groups is 1. The second kappa shape index (κ2) is 6.39. The van der Waals surface area contributed by atoms with Crippen molar-refractivity contribution in [3.63, 3.8) is 0 Å². The Balaban J connectivity index is 2.10. The lowest BCUT2D eigenvalue weighted by Gasteiger charge is -2.05. The van der Waals surface area contributed by atoms with Crippen molar-refractivity contribution in [3.05, 3.63) is 47.8 Å². The molecule has 0 spiro atoms. The lowest BCUT2D eigenvalue weighted by Crippen LogP contribution is -2.08. The molecular formula is C15H14N4O2. The molecule has 0 fully saturated rings. The number of benzene rings is 1. The van der Waals surface area contributed by atoms with Crippen molar-refractivity contribution in [2.75, 3.05) is 5.32 Å². The van der Waals surface area contributed by atoms with Gasteiger partial charge in [-0.15, -0.1) is 0 Å². The largest absolute Gasteiger partial charge is 0.506 e. The number of rotatable bonds is 4. The molecule has 1 amide bonds. The number of anilines is 1. The lowest BCUT2D eigenvalue weighted by atomic mass is 10.2. The molecule has 0 atom stereocenters. The molecule has 0 aliphatic rings. The molecule has 21 heavy (non-hydrogen) atoms. The van der Waals surface area contributed by atoms with Crippen LogP contribution < -0.4 is 5.32 Å². The van der Waals surface area contributed by atoms with Crippen molar-refractivity contribution in [1.82, 2.24) is 9.78 Å². The van der Waals surface area contributed by atoms with E-state index in [9.17, 15) is 9.90 Å². The molecular weight excluding hydrogens is 268 g/mol. The maximum absolute atomic E-state index is 11.8. The van der Waals surface area contributed by atoms with Gasteiger partial charge < -0.3 is 10.4 Å². The van der Waals surface area contributed by atoms with Crippen molar-refractivity contribution >= 4 is 17.7 Å². The van der Waals surface area contributed by atoms with Crippen LogP contribution in [0.2, 0.25) is 0 Å². The zero-order valence-electron chi connectivity index (χ0n) is 11.4. The minimum atomic E-state index is -0.399. The van der Waals surface area contributed by atoms with Crippen LogP contribution in [0.3, 0.4) is 0 Å². The highest BCUT2D eigenvalue weighted by atomic mass is 16.3. The van der Waals surface area contributed by atoms with Gasteiger partial charge in [0.15, 0.2) is 0 Å². The number of hydrogen-bond acceptors (Lipinski definition) is 4. The Morgan fingerprint density at radius 3 is 3.05 bits per heavy atom. The van der Waals surface area contributed by atoms with E-state index in [1.54, 1.807) is 23.0 Å². The highest BCUT2D eigenvalue weighted by molar-refractivity contribution is 6.02. The van der Waals surface area contributed by atoms with Crippen LogP contribution >= 0.6 is 0 Å². The quantitative estimate of drug-likeness (QED) is 0.664. The maximum Gasteiger partial charge on any atom is 0.248 e. The van der Waals surface area contributed by atoms with Crippen LogP contribution in [-0.4, -0.2) is 20.8 Å². The molecule has 0 saturated carbocycles. The molecule has 6 heteroatoms. The third kappa shape index (κ3) is 3.48. The van der Waals surface area contributed by atoms with Crippen molar-refractivity contribution in [2.24, 2.45) is 0 Å². The lowest BCUT2D eigenvalue weighted by molar-refractivity contribution is -0.111. The summed E-state index contributed by atoms with van der Waals surface area (Å²) in [5, 5.41) is 25.1. The zero-order valence-corrected chi connectivity index (χ0v) is 11.4. The van der Waals surface area contributed by atoms with Crippen molar-refractivity contribution in [1.29, 1.82) is 5.26 Å². The number of carbonyl (C=O) groups is 1. The predicted molar refractivity (Wildman–Crippen MR) is 78.4 cm³/mol. The summed E-state index contributed by atoms with van der Waals surface area (Å²) in [4.78, 5) is 11.8. The van der Waals surface area contributed by atoms with Crippen LogP contribution in [0.1, 0.15) is 18.2 Å². The minimum Gasteiger partial charge on any atom is -0.506 e. The number of aryl methyl sites for hydroxylation is 1. The van der Waals surface area contributed by atoms with E-state index in [2.05, 4.69) is 10.4 Å². The van der Waals surface area contributed by atoms with E-state index in [-0.39, 0.29) is 11.4 Å². The standard InChI is InChI=1S/C15H14N4O2/c1-2-19-12(7-8-17-19)4-6-15(21)18-13-9-11(10-16)3-5-14(13)20/h3-9,20H,2H2,1H3,(H,18,21)/b6-4+. The number of aromatic nitrogens is 2. The van der Waals surface area contributed by atoms with E-state index >= 15 is 0 Å². The number of carbonyl (C=O) groups excluding carboxylic acids is 1. The summed E-state index contributed by atoms with van der Waals surface area (Å²) in [5.74, 6) is -0.487. The Bertz CT molecular complexity index is 726. The molecule has 0 aliphatic carbocycles. The van der Waals surface area contributed by atoms with Gasteiger partial charge >= 0.3 is 0 Å². The van der Waals surface area contributed by atoms with Crippen molar-refractivity contribution < 1.29 is 9.90 Å². The summed E-state index contributed by atoms with van der Waals surface area (Å²) in [6.45, 7) is 2.66. The average molecular weight is 282 g/mol. The highest BCUT2D eigenvalue weighted by Gasteiger charge is 2.05. The Morgan fingerprint density at radius 1 is 1.52 bits per heavy atom. The molecule has 2 aromatic rings. The van der Waals surface area contributed by atoms with Crippen molar-refractivity contribution in [2.45, 2.75) is 13.5 Å². The first-order chi connectivity index (χ1) is 10.1. The van der Waals surface area contributed by atoms with Gasteiger partial charge in [-0.3, -0.25) is 9.48 Å². The number of phenols is 1. The molecule has 0 bridgehead atoms. The number of hydrogen-bond donors (Lipinski definition) is 2. The molecule has 0 aliphatic heterocycles. The number of nitriles is 1. The van der Waals surface area contributed by atoms with Gasteiger partial charge in [0.05, 0.1) is 23.0 Å². The van der Waals surface area contributed by atoms with E-state index in [1.807, 2.05) is 13.0 Å². The Kier molecular flexibility index (Phi) is 4.36. The van der Waals surface area contributed by atoms with Gasteiger partial charge in [-0.2, -0.15) is 10.4 Å². The van der Waals surface area contributed by atoms with E-state index < -0.39 is 5.91 Å². The predicted octanol–water partition coefficient (Wildman–Crippen LogP) is 2.13. The second-order valence-electron chi connectivity index (χ2n) is 4.24. The molecule has 2 rings (SSSR count). The Hall–Kier alpha value is -3.07. The summed E-state index contributed by atoms with van der Waals surface area (Å²) in [5.41, 5.74) is 1.37. The molecule has 1 aromatic carbocycles. The molecule has 0 unspecified atom stereocenters. The molecule has 1 heterocycles. The van der Waals surface area contributed by atoms with Crippen LogP contribution in [0, 0.1) is 11.3 Å². The van der Waals surface area contributed by atoms with Crippen LogP contribution in [-0.2, 0) is 11.3 Å². The molecule has 1 aromatic heterocycles. The zero-order chi connectivity index (χ0) is 15.2. The van der Waals surface area contributed by atoms with Crippen molar-refractivity contribution in [3.8, 4) is 11.8 Å². The summed E-state index contributed by atoms with van der Waals surface area (Å²) in [7, 11) is 0. The smallest absolute Gasteiger partial charge is 0.248 e. The highest BCUT2D eigenvalue weighted by Crippen LogP contribution is 2.23. The van der Waals surface area contributed by atoms with Crippen LogP contribution in [0.5, 0.6) is 5.75 Å². The average Bonchev–Trinajstić information content (AvgIpc) is 2.95. The third-order valence-electron chi connectivity index (χ3n) is 2.84. The first-order valence-corrected chi connectivity index (χ1v) is 6.38. The van der Waals surface area contributed by atoms with Gasteiger partial charge in [0, 0.05) is 18.8 Å². The summed E-state index contributed by atoms with van der Waals surface area (Å²) in [6.07, 6.45) is 4.64. The fraction of sp³-hybridized carbons (Fsp3) is 0.133. The van der Waals surface area contributed by atoms with E-state index in [4.69, 9.17) is 5.26 Å². The second-order valence-corrected chi connectivity index (χ2v) is 4.24. The van der Waals surface area contributed by atoms with E-state index in [0.717, 1.165) is 5.69 Å². The van der Waals surface area contributed by atoms with Crippen LogP contribution in [0.4, 0.5) is 5.69 Å². The molecule has 6 nitrogen and oxygen atoms in total. The van der Waals surface area contributed by atoms with E-state index in [0.29, 0.717) is 12.1 Å². The first kappa shape index (κ1) is 14.3. The van der Waals surface area contributed by atoms with Gasteiger partial charge in [0.2, 0.25) is 5.91 Å². The van der Waals surface area contributed by atoms with Gasteiger partial charge in [-0.1, -0.05) is 0 Å². The summed E-state index contributed by atoms with van der Waals surface area (Å²) >= 11 is 0. The SMILES string of the molecule is CCn1nccc1/C=C/C(=O)Nc1cc(C#N)ccc1O. The van der Waals surface area contributed by atoms with Gasteiger partial charge in [0.25, 0.3) is 0 Å². The summed E-state index contributed by atoms with van der Waals surface area (Å²) in [6, 6.07) is 7.99. The van der Waals surface area contributed by atoms with Gasteiger partial charge in [0.1, 0.15) is 5.75 Å². The number of phenolic OH excluding ortho intramolecular Hbond substituents is 1. The minimum absolute atomic E-state index is 0.0886. The number of nitrogens with zero attached hydrogens (tertiary/aromatic N) is 3. The maximum atomic E-state index is 11.8. The first-order valence-electron chi connectivity index (χ1n) is 6.38. The Morgan fingerprint density at radius 2 is 2.33 bits per heavy atom. The van der Waals surface area contributed by atoms with Crippen LogP contribution in [0.15, 0.2) is 36.5 Å². The monoisotopic (exact) mass is 282 g/mol. The van der Waals surface area contributed by atoms with E-state index in [1.165, 1.54) is 24.3 Å². The number of nitrogens with one attached hydrogen (secondary N) is 1. The molecule has 2 N–H and O–H groups in total.